The van der Waals surface area contributed by atoms with Crippen LogP contribution in [0.4, 0.5) is 0 Å². The van der Waals surface area contributed by atoms with E-state index in [1.54, 1.807) is 0 Å². The SMILES string of the molecule is CCCCCCCCC(C)(CCCC)CC(C)C#N. The molecule has 0 aliphatic carbocycles. The van der Waals surface area contributed by atoms with Gasteiger partial charge in [-0.3, -0.25) is 0 Å². The highest BCUT2D eigenvalue weighted by molar-refractivity contribution is 4.86. The van der Waals surface area contributed by atoms with Gasteiger partial charge in [0.1, 0.15) is 0 Å². The zero-order valence-electron chi connectivity index (χ0n) is 13.8. The first-order valence-electron chi connectivity index (χ1n) is 8.47. The van der Waals surface area contributed by atoms with Crippen molar-refractivity contribution in [3.63, 3.8) is 0 Å². The molecule has 0 aromatic heterocycles. The minimum absolute atomic E-state index is 0.210. The van der Waals surface area contributed by atoms with E-state index in [-0.39, 0.29) is 5.92 Å². The van der Waals surface area contributed by atoms with Gasteiger partial charge in [0.25, 0.3) is 0 Å². The molecule has 0 aromatic carbocycles. The molecule has 0 radical (unpaired) electrons. The van der Waals surface area contributed by atoms with Crippen LogP contribution in [0.1, 0.15) is 98.3 Å². The first kappa shape index (κ1) is 18.5. The summed E-state index contributed by atoms with van der Waals surface area (Å²) in [7, 11) is 0. The van der Waals surface area contributed by atoms with Crippen molar-refractivity contribution in [1.29, 1.82) is 5.26 Å². The lowest BCUT2D eigenvalue weighted by molar-refractivity contribution is 0.213. The summed E-state index contributed by atoms with van der Waals surface area (Å²) >= 11 is 0. The summed E-state index contributed by atoms with van der Waals surface area (Å²) in [4.78, 5) is 0. The van der Waals surface area contributed by atoms with Gasteiger partial charge in [-0.25, -0.2) is 0 Å². The zero-order chi connectivity index (χ0) is 14.6. The van der Waals surface area contributed by atoms with Crippen LogP contribution in [-0.2, 0) is 0 Å². The second kappa shape index (κ2) is 11.3. The predicted molar refractivity (Wildman–Crippen MR) is 85.0 cm³/mol. The number of nitriles is 1. The van der Waals surface area contributed by atoms with Gasteiger partial charge < -0.3 is 0 Å². The third-order valence-corrected chi connectivity index (χ3v) is 4.29. The molecule has 0 aliphatic heterocycles. The number of hydrogen-bond donors (Lipinski definition) is 0. The van der Waals surface area contributed by atoms with Crippen molar-refractivity contribution in [3.05, 3.63) is 0 Å². The van der Waals surface area contributed by atoms with Crippen LogP contribution >= 0.6 is 0 Å². The molecular formula is C18H35N. The number of rotatable bonds is 12. The summed E-state index contributed by atoms with van der Waals surface area (Å²) in [5.74, 6) is 0.210. The molecule has 0 amide bonds. The second-order valence-corrected chi connectivity index (χ2v) is 6.67. The van der Waals surface area contributed by atoms with Gasteiger partial charge in [0, 0.05) is 5.92 Å². The van der Waals surface area contributed by atoms with E-state index in [1.165, 1.54) is 64.2 Å². The van der Waals surface area contributed by atoms with Gasteiger partial charge >= 0.3 is 0 Å². The lowest BCUT2D eigenvalue weighted by Gasteiger charge is -2.31. The Kier molecular flexibility index (Phi) is 11.0. The highest BCUT2D eigenvalue weighted by Gasteiger charge is 2.25. The van der Waals surface area contributed by atoms with Gasteiger partial charge in [-0.2, -0.15) is 5.26 Å². The zero-order valence-corrected chi connectivity index (χ0v) is 13.8. The first-order valence-corrected chi connectivity index (χ1v) is 8.47. The molecule has 0 fully saturated rings. The fourth-order valence-electron chi connectivity index (χ4n) is 3.05. The summed E-state index contributed by atoms with van der Waals surface area (Å²) in [5, 5.41) is 9.04. The lowest BCUT2D eigenvalue weighted by Crippen LogP contribution is -2.19. The van der Waals surface area contributed by atoms with Crippen molar-refractivity contribution in [2.45, 2.75) is 98.3 Å². The van der Waals surface area contributed by atoms with E-state index in [9.17, 15) is 0 Å². The first-order chi connectivity index (χ1) is 9.08. The van der Waals surface area contributed by atoms with E-state index < -0.39 is 0 Å². The summed E-state index contributed by atoms with van der Waals surface area (Å²) in [5.41, 5.74) is 0.399. The standard InChI is InChI=1S/C18H35N/c1-5-7-9-10-11-12-14-18(4,13-8-6-2)15-17(3)16-19/h17H,5-15H2,1-4H3. The normalized spacial score (nSPS) is 15.7. The molecule has 2 atom stereocenters. The molecule has 0 saturated carbocycles. The van der Waals surface area contributed by atoms with E-state index >= 15 is 0 Å². The van der Waals surface area contributed by atoms with Crippen LogP contribution in [-0.4, -0.2) is 0 Å². The Morgan fingerprint density at radius 3 is 2.00 bits per heavy atom. The topological polar surface area (TPSA) is 23.8 Å². The quantitative estimate of drug-likeness (QED) is 0.370. The fourth-order valence-corrected chi connectivity index (χ4v) is 3.05. The Bertz CT molecular complexity index is 241. The fraction of sp³-hybridized carbons (Fsp3) is 0.944. The molecule has 0 saturated heterocycles. The van der Waals surface area contributed by atoms with Gasteiger partial charge in [-0.1, -0.05) is 72.1 Å². The Labute approximate surface area is 121 Å². The minimum Gasteiger partial charge on any atom is -0.198 e. The monoisotopic (exact) mass is 265 g/mol. The Balaban J connectivity index is 4.01. The highest BCUT2D eigenvalue weighted by atomic mass is 14.3. The largest absolute Gasteiger partial charge is 0.198 e. The molecule has 0 rings (SSSR count). The van der Waals surface area contributed by atoms with Crippen molar-refractivity contribution in [2.75, 3.05) is 0 Å². The molecule has 19 heavy (non-hydrogen) atoms. The summed E-state index contributed by atoms with van der Waals surface area (Å²) in [6.07, 6.45) is 14.5. The van der Waals surface area contributed by atoms with Crippen LogP contribution < -0.4 is 0 Å². The maximum Gasteiger partial charge on any atom is 0.0653 e. The predicted octanol–water partition coefficient (Wildman–Crippen LogP) is 6.48. The minimum atomic E-state index is 0.210. The van der Waals surface area contributed by atoms with Crippen LogP contribution in [0.5, 0.6) is 0 Å². The Hall–Kier alpha value is -0.510. The van der Waals surface area contributed by atoms with Gasteiger partial charge in [0.05, 0.1) is 6.07 Å². The highest BCUT2D eigenvalue weighted by Crippen LogP contribution is 2.37. The van der Waals surface area contributed by atoms with Crippen LogP contribution in [0.25, 0.3) is 0 Å². The average molecular weight is 265 g/mol. The van der Waals surface area contributed by atoms with E-state index in [2.05, 4.69) is 33.8 Å². The number of nitrogens with zero attached hydrogens (tertiary/aromatic N) is 1. The molecular weight excluding hydrogens is 230 g/mol. The molecule has 0 aliphatic rings. The Morgan fingerprint density at radius 1 is 0.895 bits per heavy atom. The van der Waals surface area contributed by atoms with Crippen LogP contribution in [0.15, 0.2) is 0 Å². The van der Waals surface area contributed by atoms with E-state index in [0.29, 0.717) is 5.41 Å². The third kappa shape index (κ3) is 10.00. The van der Waals surface area contributed by atoms with Crippen molar-refractivity contribution >= 4 is 0 Å². The Morgan fingerprint density at radius 2 is 1.42 bits per heavy atom. The number of unbranched alkanes of at least 4 members (excludes halogenated alkanes) is 6. The average Bonchev–Trinajstić information content (AvgIpc) is 2.40. The molecule has 1 nitrogen and oxygen atoms in total. The van der Waals surface area contributed by atoms with Crippen LogP contribution in [0.2, 0.25) is 0 Å². The van der Waals surface area contributed by atoms with E-state index in [4.69, 9.17) is 5.26 Å². The maximum absolute atomic E-state index is 9.04. The summed E-state index contributed by atoms with van der Waals surface area (Å²) in [6, 6.07) is 2.42. The molecule has 0 aromatic rings. The van der Waals surface area contributed by atoms with Crippen molar-refractivity contribution in [1.82, 2.24) is 0 Å². The van der Waals surface area contributed by atoms with Crippen molar-refractivity contribution < 1.29 is 0 Å². The molecule has 0 N–H and O–H groups in total. The van der Waals surface area contributed by atoms with Gasteiger partial charge in [0.2, 0.25) is 0 Å². The molecule has 0 heterocycles. The second-order valence-electron chi connectivity index (χ2n) is 6.67. The smallest absolute Gasteiger partial charge is 0.0653 e. The molecule has 2 unspecified atom stereocenters. The third-order valence-electron chi connectivity index (χ3n) is 4.29. The maximum atomic E-state index is 9.04. The van der Waals surface area contributed by atoms with E-state index in [0.717, 1.165) is 6.42 Å². The van der Waals surface area contributed by atoms with Gasteiger partial charge in [-0.05, 0) is 31.6 Å². The van der Waals surface area contributed by atoms with Gasteiger partial charge in [-0.15, -0.1) is 0 Å². The summed E-state index contributed by atoms with van der Waals surface area (Å²) < 4.78 is 0. The lowest BCUT2D eigenvalue weighted by atomic mass is 9.74. The van der Waals surface area contributed by atoms with Crippen molar-refractivity contribution in [3.8, 4) is 6.07 Å². The molecule has 112 valence electrons. The number of hydrogen-bond acceptors (Lipinski definition) is 1. The molecule has 0 bridgehead atoms. The molecule has 0 spiro atoms. The van der Waals surface area contributed by atoms with Gasteiger partial charge in [0.15, 0.2) is 0 Å². The summed E-state index contributed by atoms with van der Waals surface area (Å²) in [6.45, 7) is 9.01. The van der Waals surface area contributed by atoms with E-state index in [1.807, 2.05) is 0 Å². The van der Waals surface area contributed by atoms with Crippen LogP contribution in [0.3, 0.4) is 0 Å². The molecule has 1 heteroatoms. The van der Waals surface area contributed by atoms with Crippen LogP contribution in [0, 0.1) is 22.7 Å². The van der Waals surface area contributed by atoms with Crippen molar-refractivity contribution in [2.24, 2.45) is 11.3 Å².